The second-order valence-corrected chi connectivity index (χ2v) is 44.0. The molecule has 10 heteroatoms. The van der Waals surface area contributed by atoms with Gasteiger partial charge in [-0.25, -0.2) is 0 Å². The minimum Gasteiger partial charge on any atom is -0.298 e. The first-order chi connectivity index (χ1) is 14.8. The molecule has 0 spiro atoms. The summed E-state index contributed by atoms with van der Waals surface area (Å²) in [5, 5.41) is 0.00934. The van der Waals surface area contributed by atoms with Gasteiger partial charge in [0, 0.05) is 37.9 Å². The number of hydrogen-bond donors (Lipinski definition) is 0. The molecule has 0 aliphatic carbocycles. The molecule has 1 aliphatic rings. The Bertz CT molecular complexity index is 864. The fourth-order valence-corrected chi connectivity index (χ4v) is 65.9. The van der Waals surface area contributed by atoms with Gasteiger partial charge in [-0.3, -0.25) is 4.79 Å². The Balaban J connectivity index is 3.04. The highest BCUT2D eigenvalue weighted by atomic mass is 35.6. The number of carbonyl (C=O) groups is 1. The summed E-state index contributed by atoms with van der Waals surface area (Å²) < 4.78 is 39.6. The van der Waals surface area contributed by atoms with Crippen LogP contribution in [0.2, 0.25) is 87.1 Å². The van der Waals surface area contributed by atoms with Gasteiger partial charge in [0.05, 0.1) is 5.56 Å². The second-order valence-electron chi connectivity index (χ2n) is 14.4. The molecule has 1 nitrogen and oxygen atoms in total. The fourth-order valence-electron chi connectivity index (χ4n) is 8.30. The summed E-state index contributed by atoms with van der Waals surface area (Å²) >= 11 is 8.28. The van der Waals surface area contributed by atoms with Crippen molar-refractivity contribution in [2.24, 2.45) is 0 Å². The van der Waals surface area contributed by atoms with Gasteiger partial charge < -0.3 is 0 Å². The first-order valence-corrected chi connectivity index (χ1v) is 29.3. The van der Waals surface area contributed by atoms with Crippen LogP contribution in [0.1, 0.15) is 28.8 Å². The van der Waals surface area contributed by atoms with Crippen LogP contribution in [-0.4, -0.2) is 45.1 Å². The van der Waals surface area contributed by atoms with E-state index in [1.807, 2.05) is 0 Å². The Morgan fingerprint density at radius 2 is 1.03 bits per heavy atom. The maximum absolute atomic E-state index is 14.9. The summed E-state index contributed by atoms with van der Waals surface area (Å²) in [5.74, 6) is 0. The van der Waals surface area contributed by atoms with Gasteiger partial charge in [0.15, 0.2) is 5.41 Å². The summed E-state index contributed by atoms with van der Waals surface area (Å²) in [5.41, 5.74) is -0.331. The van der Waals surface area contributed by atoms with Gasteiger partial charge in [0.25, 0.3) is 0 Å². The second kappa shape index (κ2) is 8.54. The smallest absolute Gasteiger partial charge is 0.298 e. The first kappa shape index (κ1) is 30.3. The maximum Gasteiger partial charge on any atom is 0.416 e. The minimum atomic E-state index is -4.42. The lowest BCUT2D eigenvalue weighted by molar-refractivity contribution is -0.137. The third-order valence-electron chi connectivity index (χ3n) is 8.96. The van der Waals surface area contributed by atoms with Crippen molar-refractivity contribution in [3.05, 3.63) is 35.4 Å². The molecule has 1 aromatic rings. The predicted octanol–water partition coefficient (Wildman–Crippen LogP) is 9.40. The van der Waals surface area contributed by atoms with Gasteiger partial charge in [-0.1, -0.05) is 104 Å². The van der Waals surface area contributed by atoms with E-state index >= 15 is 0 Å². The molecule has 0 N–H and O–H groups in total. The SMILES string of the molecule is C[Si](C)(C)C1([Si](C)(C)C)CCC([Si](C)(C)C)([Si](C)(C)C)[Si]1(Cl)C(=O)c1ccc(C(F)(F)F)cc1. The molecule has 0 unspecified atom stereocenters. The van der Waals surface area contributed by atoms with E-state index < -0.39 is 51.4 Å². The molecule has 1 aromatic carbocycles. The topological polar surface area (TPSA) is 17.1 Å². The molecule has 194 valence electrons. The standard InChI is InChI=1S/C24H44ClF3OSi5/c1-30(2,3)22(31(4,5)6)17-18-23(32(7,8)9,33(10,11)12)34(22,25)21(29)19-13-15-20(16-14-19)24(26,27)28/h13-16H,17-18H2,1-12H3. The first-order valence-electron chi connectivity index (χ1n) is 12.2. The van der Waals surface area contributed by atoms with Crippen LogP contribution in [0.3, 0.4) is 0 Å². The summed E-state index contributed by atoms with van der Waals surface area (Å²) in [6.07, 6.45) is -2.41. The van der Waals surface area contributed by atoms with Crippen LogP contribution in [0.15, 0.2) is 24.3 Å². The van der Waals surface area contributed by atoms with Crippen molar-refractivity contribution in [1.82, 2.24) is 0 Å². The molecule has 1 fully saturated rings. The molecule has 0 radical (unpaired) electrons. The van der Waals surface area contributed by atoms with Crippen molar-refractivity contribution in [2.75, 3.05) is 0 Å². The van der Waals surface area contributed by atoms with Crippen molar-refractivity contribution >= 4 is 56.2 Å². The number of benzene rings is 1. The van der Waals surface area contributed by atoms with Crippen LogP contribution in [0, 0.1) is 0 Å². The zero-order valence-corrected chi connectivity index (χ0v) is 28.9. The van der Waals surface area contributed by atoms with Crippen molar-refractivity contribution in [3.8, 4) is 0 Å². The molecule has 1 heterocycles. The van der Waals surface area contributed by atoms with Gasteiger partial charge in [-0.15, -0.1) is 0 Å². The summed E-state index contributed by atoms with van der Waals surface area (Å²) in [6.45, 7) is 28.7. The minimum absolute atomic E-state index is 0.00934. The normalized spacial score (nSPS) is 20.9. The number of rotatable bonds is 6. The molecule has 1 aliphatic heterocycles. The highest BCUT2D eigenvalue weighted by molar-refractivity contribution is 7.53. The Morgan fingerprint density at radius 3 is 1.26 bits per heavy atom. The Labute approximate surface area is 215 Å². The lowest BCUT2D eigenvalue weighted by Gasteiger charge is -2.63. The Morgan fingerprint density at radius 1 is 0.735 bits per heavy atom. The summed E-state index contributed by atoms with van der Waals surface area (Å²) in [6, 6.07) is 4.93. The highest BCUT2D eigenvalue weighted by Gasteiger charge is 2.83. The van der Waals surface area contributed by atoms with Crippen molar-refractivity contribution in [1.29, 1.82) is 0 Å². The number of carbonyl (C=O) groups excluding carboxylic acids is 1. The van der Waals surface area contributed by atoms with Gasteiger partial charge in [-0.05, 0) is 20.7 Å². The Kier molecular flexibility index (Phi) is 7.61. The molecule has 0 saturated carbocycles. The lowest BCUT2D eigenvalue weighted by Crippen LogP contribution is -2.76. The maximum atomic E-state index is 14.9. The van der Waals surface area contributed by atoms with E-state index in [-0.39, 0.29) is 14.0 Å². The quantitative estimate of drug-likeness (QED) is 0.242. The van der Waals surface area contributed by atoms with Crippen LogP contribution in [0.5, 0.6) is 0 Å². The molecule has 2 rings (SSSR count). The third kappa shape index (κ3) is 4.08. The lowest BCUT2D eigenvalue weighted by atomic mass is 10.1. The van der Waals surface area contributed by atoms with Gasteiger partial charge >= 0.3 is 6.18 Å². The molecular formula is C24H44ClF3OSi5. The van der Waals surface area contributed by atoms with E-state index in [4.69, 9.17) is 11.1 Å². The van der Waals surface area contributed by atoms with Gasteiger partial charge in [-0.2, -0.15) is 24.3 Å². The number of alkyl halides is 3. The largest absolute Gasteiger partial charge is 0.416 e. The molecule has 0 amide bonds. The van der Waals surface area contributed by atoms with Crippen LogP contribution < -0.4 is 0 Å². The van der Waals surface area contributed by atoms with Crippen molar-refractivity contribution in [2.45, 2.75) is 106 Å². The van der Waals surface area contributed by atoms with Crippen LogP contribution in [0.4, 0.5) is 13.2 Å². The van der Waals surface area contributed by atoms with E-state index in [0.717, 1.165) is 25.0 Å². The van der Waals surface area contributed by atoms with Gasteiger partial charge in [0.1, 0.15) is 0 Å². The van der Waals surface area contributed by atoms with Crippen LogP contribution in [0.25, 0.3) is 0 Å². The van der Waals surface area contributed by atoms with Crippen LogP contribution >= 0.6 is 11.1 Å². The van der Waals surface area contributed by atoms with E-state index in [9.17, 15) is 18.0 Å². The number of hydrogen-bond acceptors (Lipinski definition) is 1. The Hall–Kier alpha value is 0.0544. The fraction of sp³-hybridized carbons (Fsp3) is 0.708. The third-order valence-corrected chi connectivity index (χ3v) is 50.8. The molecule has 1 saturated heterocycles. The van der Waals surface area contributed by atoms with Crippen LogP contribution in [-0.2, 0) is 6.18 Å². The summed E-state index contributed by atoms with van der Waals surface area (Å²) in [4.78, 5) is 14.9. The molecular weight excluding hydrogens is 537 g/mol. The van der Waals surface area contributed by atoms with Crippen molar-refractivity contribution in [3.63, 3.8) is 0 Å². The van der Waals surface area contributed by atoms with E-state index in [2.05, 4.69) is 78.6 Å². The monoisotopic (exact) mass is 580 g/mol. The van der Waals surface area contributed by atoms with E-state index in [1.165, 1.54) is 12.1 Å². The van der Waals surface area contributed by atoms with E-state index in [0.29, 0.717) is 5.56 Å². The average molecular weight is 581 g/mol. The highest BCUT2D eigenvalue weighted by Crippen LogP contribution is 2.77. The van der Waals surface area contributed by atoms with Crippen molar-refractivity contribution < 1.29 is 18.0 Å². The molecule has 0 atom stereocenters. The molecule has 34 heavy (non-hydrogen) atoms. The zero-order valence-electron chi connectivity index (χ0n) is 23.1. The number of halogens is 4. The van der Waals surface area contributed by atoms with Gasteiger partial charge in [0.2, 0.25) is 7.38 Å². The molecule has 0 aromatic heterocycles. The van der Waals surface area contributed by atoms with E-state index in [1.54, 1.807) is 0 Å². The summed E-state index contributed by atoms with van der Waals surface area (Å²) in [7, 11) is -11.3. The zero-order chi connectivity index (χ0) is 27.0. The predicted molar refractivity (Wildman–Crippen MR) is 155 cm³/mol. The average Bonchev–Trinajstić information content (AvgIpc) is 2.92. The molecule has 0 bridgehead atoms.